The zero-order valence-electron chi connectivity index (χ0n) is 12.2. The molecule has 3 nitrogen and oxygen atoms in total. The van der Waals surface area contributed by atoms with Gasteiger partial charge in [0.15, 0.2) is 0 Å². The number of phenolic OH excluding ortho intramolecular Hbond substituents is 1. The third-order valence-electron chi connectivity index (χ3n) is 4.05. The molecule has 21 heavy (non-hydrogen) atoms. The van der Waals surface area contributed by atoms with Crippen LogP contribution in [0.25, 0.3) is 11.1 Å². The maximum Gasteiger partial charge on any atom is 0.253 e. The van der Waals surface area contributed by atoms with Gasteiger partial charge in [-0.15, -0.1) is 0 Å². The van der Waals surface area contributed by atoms with Crippen LogP contribution in [-0.4, -0.2) is 29.0 Å². The lowest BCUT2D eigenvalue weighted by Gasteiger charge is -2.15. The van der Waals surface area contributed by atoms with Gasteiger partial charge in [0.25, 0.3) is 5.91 Å². The van der Waals surface area contributed by atoms with Crippen LogP contribution in [0.5, 0.6) is 5.75 Å². The molecule has 0 radical (unpaired) electrons. The van der Waals surface area contributed by atoms with Gasteiger partial charge in [-0.2, -0.15) is 0 Å². The molecule has 0 unspecified atom stereocenters. The van der Waals surface area contributed by atoms with Crippen LogP contribution < -0.4 is 0 Å². The van der Waals surface area contributed by atoms with Crippen molar-refractivity contribution in [1.82, 2.24) is 4.90 Å². The van der Waals surface area contributed by atoms with Gasteiger partial charge in [0.1, 0.15) is 5.75 Å². The molecule has 1 aliphatic heterocycles. The predicted molar refractivity (Wildman–Crippen MR) is 83.4 cm³/mol. The number of hydrogen-bond acceptors (Lipinski definition) is 2. The Morgan fingerprint density at radius 2 is 1.76 bits per heavy atom. The molecule has 0 aromatic heterocycles. The van der Waals surface area contributed by atoms with Crippen LogP contribution in [0, 0.1) is 6.92 Å². The van der Waals surface area contributed by atoms with Gasteiger partial charge in [-0.3, -0.25) is 4.79 Å². The number of benzene rings is 2. The minimum absolute atomic E-state index is 0.102. The zero-order chi connectivity index (χ0) is 14.8. The summed E-state index contributed by atoms with van der Waals surface area (Å²) < 4.78 is 0. The molecule has 0 atom stereocenters. The van der Waals surface area contributed by atoms with Crippen LogP contribution in [0.3, 0.4) is 0 Å². The summed E-state index contributed by atoms with van der Waals surface area (Å²) in [4.78, 5) is 14.3. The number of aromatic hydroxyl groups is 1. The number of hydrogen-bond donors (Lipinski definition) is 1. The molecule has 2 aromatic rings. The lowest BCUT2D eigenvalue weighted by molar-refractivity contribution is 0.0793. The zero-order valence-corrected chi connectivity index (χ0v) is 12.2. The highest BCUT2D eigenvalue weighted by Gasteiger charge is 2.19. The molecule has 1 heterocycles. The number of aryl methyl sites for hydroxylation is 1. The van der Waals surface area contributed by atoms with Gasteiger partial charge < -0.3 is 10.0 Å². The van der Waals surface area contributed by atoms with E-state index in [-0.39, 0.29) is 11.7 Å². The Hall–Kier alpha value is -2.29. The minimum atomic E-state index is 0.102. The quantitative estimate of drug-likeness (QED) is 0.913. The first-order valence-electron chi connectivity index (χ1n) is 7.34. The summed E-state index contributed by atoms with van der Waals surface area (Å²) in [6, 6.07) is 13.2. The molecule has 0 spiro atoms. The SMILES string of the molecule is Cc1ccc(-c2cccc(C(=O)N3CCCC3)c2)cc1O. The number of nitrogens with zero attached hydrogens (tertiary/aromatic N) is 1. The highest BCUT2D eigenvalue weighted by atomic mass is 16.3. The fourth-order valence-electron chi connectivity index (χ4n) is 2.72. The van der Waals surface area contributed by atoms with Crippen molar-refractivity contribution in [2.24, 2.45) is 0 Å². The van der Waals surface area contributed by atoms with Gasteiger partial charge in [-0.25, -0.2) is 0 Å². The van der Waals surface area contributed by atoms with E-state index in [1.165, 1.54) is 0 Å². The Bertz CT molecular complexity index is 673. The molecule has 1 fully saturated rings. The second-order valence-corrected chi connectivity index (χ2v) is 5.58. The Morgan fingerprint density at radius 3 is 2.48 bits per heavy atom. The van der Waals surface area contributed by atoms with Crippen molar-refractivity contribution in [2.45, 2.75) is 19.8 Å². The Balaban J connectivity index is 1.92. The summed E-state index contributed by atoms with van der Waals surface area (Å²) in [5, 5.41) is 9.84. The normalized spacial score (nSPS) is 14.4. The lowest BCUT2D eigenvalue weighted by atomic mass is 10.0. The molecule has 0 aliphatic carbocycles. The smallest absolute Gasteiger partial charge is 0.253 e. The highest BCUT2D eigenvalue weighted by Crippen LogP contribution is 2.27. The van der Waals surface area contributed by atoms with Crippen LogP contribution in [-0.2, 0) is 0 Å². The van der Waals surface area contributed by atoms with E-state index >= 15 is 0 Å². The molecule has 0 bridgehead atoms. The summed E-state index contributed by atoms with van der Waals surface area (Å²) in [5.74, 6) is 0.384. The molecule has 3 rings (SSSR count). The van der Waals surface area contributed by atoms with Crippen LogP contribution in [0.15, 0.2) is 42.5 Å². The average molecular weight is 281 g/mol. The van der Waals surface area contributed by atoms with Crippen molar-refractivity contribution < 1.29 is 9.90 Å². The van der Waals surface area contributed by atoms with Crippen LogP contribution in [0.2, 0.25) is 0 Å². The van der Waals surface area contributed by atoms with E-state index in [1.54, 1.807) is 6.07 Å². The van der Waals surface area contributed by atoms with Crippen molar-refractivity contribution >= 4 is 5.91 Å². The van der Waals surface area contributed by atoms with Crippen LogP contribution in [0.1, 0.15) is 28.8 Å². The van der Waals surface area contributed by atoms with Gasteiger partial charge in [0.2, 0.25) is 0 Å². The summed E-state index contributed by atoms with van der Waals surface area (Å²) in [6.45, 7) is 3.58. The summed E-state index contributed by atoms with van der Waals surface area (Å²) in [6.07, 6.45) is 2.19. The van der Waals surface area contributed by atoms with Crippen molar-refractivity contribution in [3.8, 4) is 16.9 Å². The fraction of sp³-hybridized carbons (Fsp3) is 0.278. The summed E-state index contributed by atoms with van der Waals surface area (Å²) >= 11 is 0. The van der Waals surface area contributed by atoms with Crippen molar-refractivity contribution in [2.75, 3.05) is 13.1 Å². The standard InChI is InChI=1S/C18H19NO2/c1-13-7-8-15(12-17(13)20)14-5-4-6-16(11-14)18(21)19-9-2-3-10-19/h4-8,11-12,20H,2-3,9-10H2,1H3. The maximum absolute atomic E-state index is 12.4. The summed E-state index contributed by atoms with van der Waals surface area (Å²) in [7, 11) is 0. The molecule has 2 aromatic carbocycles. The molecule has 1 amide bonds. The summed E-state index contributed by atoms with van der Waals surface area (Å²) in [5.41, 5.74) is 3.45. The van der Waals surface area contributed by atoms with E-state index in [1.807, 2.05) is 48.2 Å². The van der Waals surface area contributed by atoms with Gasteiger partial charge in [0.05, 0.1) is 0 Å². The second kappa shape index (κ2) is 5.60. The molecule has 1 saturated heterocycles. The number of amides is 1. The molecular weight excluding hydrogens is 262 g/mol. The average Bonchev–Trinajstić information content (AvgIpc) is 3.04. The van der Waals surface area contributed by atoms with Crippen molar-refractivity contribution in [3.05, 3.63) is 53.6 Å². The van der Waals surface area contributed by atoms with E-state index in [0.29, 0.717) is 0 Å². The predicted octanol–water partition coefficient (Wildman–Crippen LogP) is 3.60. The molecule has 3 heteroatoms. The fourth-order valence-corrected chi connectivity index (χ4v) is 2.72. The van der Waals surface area contributed by atoms with Crippen molar-refractivity contribution in [1.29, 1.82) is 0 Å². The number of carbonyl (C=O) groups excluding carboxylic acids is 1. The van der Waals surface area contributed by atoms with Gasteiger partial charge in [-0.1, -0.05) is 24.3 Å². The van der Waals surface area contributed by atoms with E-state index in [4.69, 9.17) is 0 Å². The third kappa shape index (κ3) is 2.77. The molecule has 1 aliphatic rings. The highest BCUT2D eigenvalue weighted by molar-refractivity contribution is 5.95. The molecule has 0 saturated carbocycles. The third-order valence-corrected chi connectivity index (χ3v) is 4.05. The van der Waals surface area contributed by atoms with E-state index < -0.39 is 0 Å². The number of phenols is 1. The second-order valence-electron chi connectivity index (χ2n) is 5.58. The Kier molecular flexibility index (Phi) is 3.65. The van der Waals surface area contributed by atoms with Gasteiger partial charge in [-0.05, 0) is 54.7 Å². The first-order chi connectivity index (χ1) is 10.1. The Labute approximate surface area is 124 Å². The van der Waals surface area contributed by atoms with E-state index in [2.05, 4.69) is 0 Å². The Morgan fingerprint density at radius 1 is 1.05 bits per heavy atom. The number of carbonyl (C=O) groups is 1. The van der Waals surface area contributed by atoms with Gasteiger partial charge >= 0.3 is 0 Å². The molecule has 108 valence electrons. The van der Waals surface area contributed by atoms with E-state index in [9.17, 15) is 9.90 Å². The first-order valence-corrected chi connectivity index (χ1v) is 7.34. The monoisotopic (exact) mass is 281 g/mol. The van der Waals surface area contributed by atoms with Crippen LogP contribution >= 0.6 is 0 Å². The molecular formula is C18H19NO2. The molecule has 1 N–H and O–H groups in total. The topological polar surface area (TPSA) is 40.5 Å². The largest absolute Gasteiger partial charge is 0.508 e. The minimum Gasteiger partial charge on any atom is -0.508 e. The van der Waals surface area contributed by atoms with Gasteiger partial charge in [0, 0.05) is 18.7 Å². The van der Waals surface area contributed by atoms with E-state index in [0.717, 1.165) is 48.2 Å². The number of rotatable bonds is 2. The first kappa shape index (κ1) is 13.7. The lowest BCUT2D eigenvalue weighted by Crippen LogP contribution is -2.27. The number of likely N-dealkylation sites (tertiary alicyclic amines) is 1. The van der Waals surface area contributed by atoms with Crippen molar-refractivity contribution in [3.63, 3.8) is 0 Å². The van der Waals surface area contributed by atoms with Crippen LogP contribution in [0.4, 0.5) is 0 Å². The maximum atomic E-state index is 12.4.